The van der Waals surface area contributed by atoms with Crippen molar-refractivity contribution in [1.82, 2.24) is 9.80 Å². The van der Waals surface area contributed by atoms with Gasteiger partial charge in [-0.25, -0.2) is 0 Å². The van der Waals surface area contributed by atoms with E-state index in [9.17, 15) is 14.7 Å². The molecule has 22 heavy (non-hydrogen) atoms. The normalized spacial score (nSPS) is 28.8. The molecular weight excluding hydrogens is 284 g/mol. The maximum absolute atomic E-state index is 12.5. The van der Waals surface area contributed by atoms with E-state index in [0.717, 1.165) is 12.8 Å². The molecule has 1 N–H and O–H groups in total. The van der Waals surface area contributed by atoms with Crippen molar-refractivity contribution in [3.63, 3.8) is 0 Å². The van der Waals surface area contributed by atoms with Crippen molar-refractivity contribution in [2.24, 2.45) is 5.41 Å². The number of carbonyl (C=O) groups excluding carboxylic acids is 2. The Morgan fingerprint density at radius 1 is 1.32 bits per heavy atom. The molecule has 2 fully saturated rings. The molecule has 2 aliphatic rings. The number of hydrogen-bond donors (Lipinski definition) is 1. The Morgan fingerprint density at radius 3 is 2.64 bits per heavy atom. The van der Waals surface area contributed by atoms with Crippen molar-refractivity contribution in [3.05, 3.63) is 0 Å². The lowest BCUT2D eigenvalue weighted by molar-refractivity contribution is -0.165. The topological polar surface area (TPSA) is 70.1 Å². The van der Waals surface area contributed by atoms with Gasteiger partial charge in [0.2, 0.25) is 11.8 Å². The highest BCUT2D eigenvalue weighted by atomic mass is 16.5. The predicted octanol–water partition coefficient (Wildman–Crippen LogP) is 0.635. The minimum Gasteiger partial charge on any atom is -0.387 e. The van der Waals surface area contributed by atoms with E-state index in [1.54, 1.807) is 16.9 Å². The van der Waals surface area contributed by atoms with E-state index in [2.05, 4.69) is 0 Å². The Labute approximate surface area is 132 Å². The van der Waals surface area contributed by atoms with Crippen LogP contribution >= 0.6 is 0 Å². The molecule has 1 unspecified atom stereocenters. The summed E-state index contributed by atoms with van der Waals surface area (Å²) < 4.78 is 5.14. The molecule has 0 bridgehead atoms. The first-order chi connectivity index (χ1) is 10.3. The standard InChI is InChI=1S/C16H28N2O4/c1-15(2)11-18(9-7-16(15,21)12-22-3)14(20)10-17-8-5-4-6-13(17)19/h21H,4-12H2,1-3H3. The SMILES string of the molecule is COCC1(O)CCN(C(=O)CN2CCCCC2=O)CC1(C)C. The quantitative estimate of drug-likeness (QED) is 0.827. The fourth-order valence-electron chi connectivity index (χ4n) is 3.37. The van der Waals surface area contributed by atoms with Crippen LogP contribution in [0.1, 0.15) is 39.5 Å². The molecule has 0 spiro atoms. The molecule has 2 aliphatic heterocycles. The van der Waals surface area contributed by atoms with Crippen LogP contribution in [0.25, 0.3) is 0 Å². The highest BCUT2D eigenvalue weighted by Crippen LogP contribution is 2.38. The third-order valence-electron chi connectivity index (χ3n) is 5.12. The van der Waals surface area contributed by atoms with Crippen LogP contribution < -0.4 is 0 Å². The van der Waals surface area contributed by atoms with Crippen molar-refractivity contribution >= 4 is 11.8 Å². The van der Waals surface area contributed by atoms with Gasteiger partial charge >= 0.3 is 0 Å². The van der Waals surface area contributed by atoms with Gasteiger partial charge in [0.25, 0.3) is 0 Å². The fourth-order valence-corrected chi connectivity index (χ4v) is 3.37. The van der Waals surface area contributed by atoms with Gasteiger partial charge in [0.05, 0.1) is 18.8 Å². The molecule has 0 radical (unpaired) electrons. The van der Waals surface area contributed by atoms with Crippen molar-refractivity contribution in [2.75, 3.05) is 39.9 Å². The minimum atomic E-state index is -0.917. The van der Waals surface area contributed by atoms with Crippen molar-refractivity contribution in [2.45, 2.75) is 45.1 Å². The number of ether oxygens (including phenoxy) is 1. The average molecular weight is 312 g/mol. The van der Waals surface area contributed by atoms with E-state index in [1.807, 2.05) is 13.8 Å². The first kappa shape index (κ1) is 17.2. The molecule has 0 aliphatic carbocycles. The van der Waals surface area contributed by atoms with Gasteiger partial charge in [0.1, 0.15) is 0 Å². The molecule has 0 aromatic carbocycles. The van der Waals surface area contributed by atoms with Crippen LogP contribution in [0.5, 0.6) is 0 Å². The minimum absolute atomic E-state index is 0.0252. The summed E-state index contributed by atoms with van der Waals surface area (Å²) in [5, 5.41) is 10.7. The van der Waals surface area contributed by atoms with E-state index in [1.165, 1.54) is 0 Å². The number of aliphatic hydroxyl groups is 1. The van der Waals surface area contributed by atoms with E-state index >= 15 is 0 Å². The molecule has 126 valence electrons. The van der Waals surface area contributed by atoms with Crippen molar-refractivity contribution in [1.29, 1.82) is 0 Å². The molecule has 2 rings (SSSR count). The van der Waals surface area contributed by atoms with Crippen LogP contribution in [0.3, 0.4) is 0 Å². The van der Waals surface area contributed by atoms with Gasteiger partial charge in [-0.05, 0) is 19.3 Å². The Bertz CT molecular complexity index is 438. The summed E-state index contributed by atoms with van der Waals surface area (Å²) in [5.41, 5.74) is -1.36. The summed E-state index contributed by atoms with van der Waals surface area (Å²) in [6.07, 6.45) is 2.93. The van der Waals surface area contributed by atoms with E-state index in [-0.39, 0.29) is 25.0 Å². The zero-order chi connectivity index (χ0) is 16.4. The molecule has 0 aromatic heterocycles. The molecule has 6 heteroatoms. The molecule has 0 saturated carbocycles. The number of nitrogens with zero attached hydrogens (tertiary/aromatic N) is 2. The molecule has 0 aromatic rings. The number of carbonyl (C=O) groups is 2. The predicted molar refractivity (Wildman–Crippen MR) is 82.2 cm³/mol. The Balaban J connectivity index is 1.96. The number of rotatable bonds is 4. The van der Waals surface area contributed by atoms with E-state index < -0.39 is 11.0 Å². The van der Waals surface area contributed by atoms with Crippen LogP contribution in [0.4, 0.5) is 0 Å². The number of hydrogen-bond acceptors (Lipinski definition) is 4. The number of methoxy groups -OCH3 is 1. The second-order valence-corrected chi connectivity index (χ2v) is 7.19. The number of piperidine rings is 2. The van der Waals surface area contributed by atoms with E-state index in [4.69, 9.17) is 4.74 Å². The Morgan fingerprint density at radius 2 is 2.05 bits per heavy atom. The zero-order valence-corrected chi connectivity index (χ0v) is 13.9. The maximum atomic E-state index is 12.5. The first-order valence-corrected chi connectivity index (χ1v) is 8.06. The van der Waals surface area contributed by atoms with Gasteiger partial charge in [-0.15, -0.1) is 0 Å². The summed E-state index contributed by atoms with van der Waals surface area (Å²) in [7, 11) is 1.58. The molecule has 2 heterocycles. The molecule has 6 nitrogen and oxygen atoms in total. The van der Waals surface area contributed by atoms with Crippen LogP contribution in [0.2, 0.25) is 0 Å². The van der Waals surface area contributed by atoms with Gasteiger partial charge in [-0.3, -0.25) is 9.59 Å². The summed E-state index contributed by atoms with van der Waals surface area (Å²) in [4.78, 5) is 27.7. The molecule has 1 atom stereocenters. The van der Waals surface area contributed by atoms with E-state index in [0.29, 0.717) is 32.5 Å². The highest BCUT2D eigenvalue weighted by molar-refractivity contribution is 5.85. The third-order valence-corrected chi connectivity index (χ3v) is 5.12. The summed E-state index contributed by atoms with van der Waals surface area (Å²) in [5.74, 6) is 0.0505. The van der Waals surface area contributed by atoms with Gasteiger partial charge in [0.15, 0.2) is 0 Å². The van der Waals surface area contributed by atoms with Crippen molar-refractivity contribution < 1.29 is 19.4 Å². The summed E-state index contributed by atoms with van der Waals surface area (Å²) in [6.45, 7) is 6.01. The van der Waals surface area contributed by atoms with Crippen LogP contribution in [-0.2, 0) is 14.3 Å². The van der Waals surface area contributed by atoms with Crippen LogP contribution in [0, 0.1) is 5.41 Å². The Hall–Kier alpha value is -1.14. The third kappa shape index (κ3) is 3.43. The molecule has 2 amide bonds. The summed E-state index contributed by atoms with van der Waals surface area (Å²) >= 11 is 0. The largest absolute Gasteiger partial charge is 0.387 e. The second kappa shape index (κ2) is 6.54. The van der Waals surface area contributed by atoms with Gasteiger partial charge in [-0.1, -0.05) is 13.8 Å². The van der Waals surface area contributed by atoms with Crippen LogP contribution in [-0.4, -0.2) is 72.2 Å². The second-order valence-electron chi connectivity index (χ2n) is 7.19. The monoisotopic (exact) mass is 312 g/mol. The highest BCUT2D eigenvalue weighted by Gasteiger charge is 2.48. The van der Waals surface area contributed by atoms with Crippen LogP contribution in [0.15, 0.2) is 0 Å². The molecule has 2 saturated heterocycles. The number of likely N-dealkylation sites (tertiary alicyclic amines) is 2. The zero-order valence-electron chi connectivity index (χ0n) is 13.9. The molecular formula is C16H28N2O4. The summed E-state index contributed by atoms with van der Waals surface area (Å²) in [6, 6.07) is 0. The Kier molecular flexibility index (Phi) is 5.12. The van der Waals surface area contributed by atoms with Gasteiger partial charge in [-0.2, -0.15) is 0 Å². The fraction of sp³-hybridized carbons (Fsp3) is 0.875. The van der Waals surface area contributed by atoms with Gasteiger partial charge < -0.3 is 19.6 Å². The lowest BCUT2D eigenvalue weighted by Gasteiger charge is -2.50. The number of amides is 2. The smallest absolute Gasteiger partial charge is 0.242 e. The lowest BCUT2D eigenvalue weighted by Crippen LogP contribution is -2.61. The maximum Gasteiger partial charge on any atom is 0.242 e. The first-order valence-electron chi connectivity index (χ1n) is 8.06. The average Bonchev–Trinajstić information content (AvgIpc) is 2.45. The van der Waals surface area contributed by atoms with Gasteiger partial charge in [0, 0.05) is 38.6 Å². The lowest BCUT2D eigenvalue weighted by atomic mass is 9.70. The van der Waals surface area contributed by atoms with Crippen molar-refractivity contribution in [3.8, 4) is 0 Å².